The number of hydrogen-bond donors (Lipinski definition) is 0. The summed E-state index contributed by atoms with van der Waals surface area (Å²) in [6.07, 6.45) is 0. The van der Waals surface area contributed by atoms with Gasteiger partial charge in [-0.2, -0.15) is 5.26 Å². The molecule has 0 fully saturated rings. The highest BCUT2D eigenvalue weighted by molar-refractivity contribution is 5.81. The van der Waals surface area contributed by atoms with Gasteiger partial charge in [0.1, 0.15) is 11.6 Å². The molecule has 1 aromatic carbocycles. The van der Waals surface area contributed by atoms with E-state index in [9.17, 15) is 13.6 Å². The van der Waals surface area contributed by atoms with Crippen LogP contribution in [0.15, 0.2) is 18.2 Å². The van der Waals surface area contributed by atoms with E-state index in [1.54, 1.807) is 13.0 Å². The molecule has 1 unspecified atom stereocenters. The van der Waals surface area contributed by atoms with E-state index in [1.807, 2.05) is 0 Å². The molecule has 0 aliphatic rings. The normalized spacial score (nSPS) is 11.6. The first-order valence-corrected chi connectivity index (χ1v) is 4.61. The molecule has 0 spiro atoms. The Morgan fingerprint density at radius 1 is 1.56 bits per heavy atom. The van der Waals surface area contributed by atoms with Gasteiger partial charge in [-0.25, -0.2) is 8.78 Å². The van der Waals surface area contributed by atoms with E-state index in [-0.39, 0.29) is 12.2 Å². The molecule has 1 rings (SSSR count). The van der Waals surface area contributed by atoms with E-state index < -0.39 is 23.5 Å². The Morgan fingerprint density at radius 3 is 2.81 bits per heavy atom. The van der Waals surface area contributed by atoms with Crippen LogP contribution in [0.5, 0.6) is 0 Å². The first kappa shape index (κ1) is 12.1. The summed E-state index contributed by atoms with van der Waals surface area (Å²) in [4.78, 5) is 11.3. The maximum absolute atomic E-state index is 13.3. The zero-order chi connectivity index (χ0) is 12.1. The Bertz CT molecular complexity index is 440. The maximum atomic E-state index is 13.3. The van der Waals surface area contributed by atoms with Crippen molar-refractivity contribution in [1.82, 2.24) is 0 Å². The molecule has 0 amide bonds. The molecule has 0 heterocycles. The van der Waals surface area contributed by atoms with E-state index in [2.05, 4.69) is 4.74 Å². The summed E-state index contributed by atoms with van der Waals surface area (Å²) in [5.41, 5.74) is -0.305. The Morgan fingerprint density at radius 2 is 2.25 bits per heavy atom. The molecule has 84 valence electrons. The fraction of sp³-hybridized carbons (Fsp3) is 0.273. The van der Waals surface area contributed by atoms with E-state index in [0.29, 0.717) is 0 Å². The smallest absolute Gasteiger partial charge is 0.328 e. The van der Waals surface area contributed by atoms with Crippen LogP contribution in [0.2, 0.25) is 0 Å². The molecule has 1 atom stereocenters. The summed E-state index contributed by atoms with van der Waals surface area (Å²) >= 11 is 0. The second-order valence-electron chi connectivity index (χ2n) is 2.98. The molecule has 0 saturated heterocycles. The van der Waals surface area contributed by atoms with Crippen molar-refractivity contribution in [3.63, 3.8) is 0 Å². The van der Waals surface area contributed by atoms with E-state index in [0.717, 1.165) is 18.2 Å². The predicted molar refractivity (Wildman–Crippen MR) is 51.3 cm³/mol. The third kappa shape index (κ3) is 2.54. The van der Waals surface area contributed by atoms with Crippen LogP contribution in [0.25, 0.3) is 0 Å². The quantitative estimate of drug-likeness (QED) is 0.740. The molecule has 1 aromatic rings. The van der Waals surface area contributed by atoms with Crippen LogP contribution in [0.3, 0.4) is 0 Å². The van der Waals surface area contributed by atoms with Gasteiger partial charge in [0.2, 0.25) is 0 Å². The van der Waals surface area contributed by atoms with Crippen molar-refractivity contribution in [1.29, 1.82) is 5.26 Å². The van der Waals surface area contributed by atoms with Gasteiger partial charge in [-0.1, -0.05) is 0 Å². The lowest BCUT2D eigenvalue weighted by molar-refractivity contribution is -0.143. The van der Waals surface area contributed by atoms with Gasteiger partial charge in [0.25, 0.3) is 0 Å². The fourth-order valence-corrected chi connectivity index (χ4v) is 1.21. The number of carbonyl (C=O) groups excluding carboxylic acids is 1. The highest BCUT2D eigenvalue weighted by atomic mass is 19.1. The van der Waals surface area contributed by atoms with Crippen LogP contribution >= 0.6 is 0 Å². The number of nitriles is 1. The van der Waals surface area contributed by atoms with Gasteiger partial charge in [0.15, 0.2) is 5.92 Å². The Kier molecular flexibility index (Phi) is 3.95. The molecule has 0 bridgehead atoms. The number of nitrogens with zero attached hydrogens (tertiary/aromatic N) is 1. The van der Waals surface area contributed by atoms with Gasteiger partial charge in [0, 0.05) is 5.56 Å². The molecular weight excluding hydrogens is 216 g/mol. The number of rotatable bonds is 3. The van der Waals surface area contributed by atoms with E-state index >= 15 is 0 Å². The summed E-state index contributed by atoms with van der Waals surface area (Å²) in [7, 11) is 0. The minimum atomic E-state index is -1.43. The summed E-state index contributed by atoms with van der Waals surface area (Å²) in [5, 5.41) is 8.75. The standard InChI is InChI=1S/C11H9F2NO2/c1-2-16-11(15)9(6-14)8-5-7(12)3-4-10(8)13/h3-5,9H,2H2,1H3. The highest BCUT2D eigenvalue weighted by Gasteiger charge is 2.25. The fourth-order valence-electron chi connectivity index (χ4n) is 1.21. The first-order valence-electron chi connectivity index (χ1n) is 4.61. The summed E-state index contributed by atoms with van der Waals surface area (Å²) in [6, 6.07) is 4.19. The molecule has 0 aliphatic carbocycles. The first-order chi connectivity index (χ1) is 7.60. The molecule has 5 heteroatoms. The number of hydrogen-bond acceptors (Lipinski definition) is 3. The van der Waals surface area contributed by atoms with Crippen molar-refractivity contribution < 1.29 is 18.3 Å². The third-order valence-corrected chi connectivity index (χ3v) is 1.92. The summed E-state index contributed by atoms with van der Waals surface area (Å²) < 4.78 is 30.7. The van der Waals surface area contributed by atoms with Gasteiger partial charge in [0.05, 0.1) is 12.7 Å². The molecule has 0 aromatic heterocycles. The lowest BCUT2D eigenvalue weighted by atomic mass is 10.00. The van der Waals surface area contributed by atoms with Gasteiger partial charge in [-0.3, -0.25) is 4.79 Å². The van der Waals surface area contributed by atoms with Crippen molar-refractivity contribution in [2.75, 3.05) is 6.61 Å². The van der Waals surface area contributed by atoms with Crippen molar-refractivity contribution in [3.05, 3.63) is 35.4 Å². The van der Waals surface area contributed by atoms with Gasteiger partial charge in [-0.05, 0) is 25.1 Å². The van der Waals surface area contributed by atoms with Crippen molar-refractivity contribution in [2.45, 2.75) is 12.8 Å². The van der Waals surface area contributed by atoms with Crippen LogP contribution in [0, 0.1) is 23.0 Å². The Labute approximate surface area is 91.3 Å². The molecular formula is C11H9F2NO2. The van der Waals surface area contributed by atoms with Crippen LogP contribution in [-0.2, 0) is 9.53 Å². The number of benzene rings is 1. The number of halogens is 2. The Balaban J connectivity index is 3.09. The molecule has 0 aliphatic heterocycles. The van der Waals surface area contributed by atoms with Gasteiger partial charge in [-0.15, -0.1) is 0 Å². The average Bonchev–Trinajstić information content (AvgIpc) is 2.24. The largest absolute Gasteiger partial charge is 0.465 e. The second-order valence-corrected chi connectivity index (χ2v) is 2.98. The maximum Gasteiger partial charge on any atom is 0.328 e. The highest BCUT2D eigenvalue weighted by Crippen LogP contribution is 2.21. The lowest BCUT2D eigenvalue weighted by Crippen LogP contribution is -2.15. The average molecular weight is 225 g/mol. The topological polar surface area (TPSA) is 50.1 Å². The lowest BCUT2D eigenvalue weighted by Gasteiger charge is -2.09. The van der Waals surface area contributed by atoms with Crippen LogP contribution < -0.4 is 0 Å². The monoisotopic (exact) mass is 225 g/mol. The molecule has 3 nitrogen and oxygen atoms in total. The van der Waals surface area contributed by atoms with Gasteiger partial charge >= 0.3 is 5.97 Å². The van der Waals surface area contributed by atoms with Crippen LogP contribution in [0.1, 0.15) is 18.4 Å². The van der Waals surface area contributed by atoms with Crippen molar-refractivity contribution in [2.24, 2.45) is 0 Å². The molecule has 0 saturated carbocycles. The van der Waals surface area contributed by atoms with Crippen molar-refractivity contribution >= 4 is 5.97 Å². The van der Waals surface area contributed by atoms with Gasteiger partial charge < -0.3 is 4.74 Å². The second kappa shape index (κ2) is 5.21. The molecule has 16 heavy (non-hydrogen) atoms. The molecule has 0 N–H and O–H groups in total. The minimum absolute atomic E-state index is 0.0773. The SMILES string of the molecule is CCOC(=O)C(C#N)c1cc(F)ccc1F. The minimum Gasteiger partial charge on any atom is -0.465 e. The summed E-state index contributed by atoms with van der Waals surface area (Å²) in [6.45, 7) is 1.64. The number of ether oxygens (including phenoxy) is 1. The Hall–Kier alpha value is -1.96. The zero-order valence-corrected chi connectivity index (χ0v) is 8.54. The third-order valence-electron chi connectivity index (χ3n) is 1.92. The zero-order valence-electron chi connectivity index (χ0n) is 8.54. The molecule has 0 radical (unpaired) electrons. The summed E-state index contributed by atoms with van der Waals surface area (Å²) in [5.74, 6) is -3.83. The van der Waals surface area contributed by atoms with E-state index in [4.69, 9.17) is 5.26 Å². The van der Waals surface area contributed by atoms with Crippen molar-refractivity contribution in [3.8, 4) is 6.07 Å². The predicted octanol–water partition coefficient (Wildman–Crippen LogP) is 2.14. The van der Waals surface area contributed by atoms with E-state index in [1.165, 1.54) is 0 Å². The number of esters is 1. The van der Waals surface area contributed by atoms with Crippen LogP contribution in [-0.4, -0.2) is 12.6 Å². The number of carbonyl (C=O) groups is 1. The van der Waals surface area contributed by atoms with Crippen LogP contribution in [0.4, 0.5) is 8.78 Å².